The summed E-state index contributed by atoms with van der Waals surface area (Å²) in [6.07, 6.45) is 0.983. The molecule has 0 aliphatic rings. The third-order valence-electron chi connectivity index (χ3n) is 3.81. The van der Waals surface area contributed by atoms with E-state index in [4.69, 9.17) is 34.8 Å². The van der Waals surface area contributed by atoms with Gasteiger partial charge in [0.15, 0.2) is 0 Å². The van der Waals surface area contributed by atoms with Crippen LogP contribution < -0.4 is 9.62 Å². The summed E-state index contributed by atoms with van der Waals surface area (Å²) in [5.41, 5.74) is 1.78. The smallest absolute Gasteiger partial charge is 0.245 e. The van der Waals surface area contributed by atoms with Gasteiger partial charge in [0.1, 0.15) is 6.54 Å². The van der Waals surface area contributed by atoms with E-state index in [-0.39, 0.29) is 20.8 Å². The zero-order valence-corrected chi connectivity index (χ0v) is 18.0. The van der Waals surface area contributed by atoms with Crippen molar-refractivity contribution in [2.75, 3.05) is 22.4 Å². The van der Waals surface area contributed by atoms with Crippen molar-refractivity contribution in [3.8, 4) is 0 Å². The van der Waals surface area contributed by atoms with Gasteiger partial charge in [-0.15, -0.1) is 0 Å². The summed E-state index contributed by atoms with van der Waals surface area (Å²) in [6, 6.07) is 10.0. The van der Waals surface area contributed by atoms with E-state index in [9.17, 15) is 13.2 Å². The van der Waals surface area contributed by atoms with E-state index in [0.717, 1.165) is 16.1 Å². The SMILES string of the molecule is CC(C)c1ccc(NC(=O)CN(c2cc(Cl)c(Cl)cc2Cl)S(C)(=O)=O)cc1. The van der Waals surface area contributed by atoms with Crippen molar-refractivity contribution in [2.45, 2.75) is 19.8 Å². The van der Waals surface area contributed by atoms with Crippen LogP contribution in [0.3, 0.4) is 0 Å². The maximum atomic E-state index is 12.4. The molecule has 2 aromatic rings. The van der Waals surface area contributed by atoms with Crippen molar-refractivity contribution < 1.29 is 13.2 Å². The highest BCUT2D eigenvalue weighted by molar-refractivity contribution is 7.92. The summed E-state index contributed by atoms with van der Waals surface area (Å²) >= 11 is 18.0. The minimum Gasteiger partial charge on any atom is -0.325 e. The monoisotopic (exact) mass is 448 g/mol. The van der Waals surface area contributed by atoms with E-state index in [2.05, 4.69) is 19.2 Å². The van der Waals surface area contributed by atoms with Crippen LogP contribution in [0.1, 0.15) is 25.3 Å². The third-order valence-corrected chi connectivity index (χ3v) is 5.96. The molecule has 9 heteroatoms. The van der Waals surface area contributed by atoms with Gasteiger partial charge in [-0.25, -0.2) is 8.42 Å². The van der Waals surface area contributed by atoms with Crippen molar-refractivity contribution in [1.29, 1.82) is 0 Å². The molecule has 0 saturated heterocycles. The Morgan fingerprint density at radius 1 is 1.04 bits per heavy atom. The molecule has 5 nitrogen and oxygen atoms in total. The van der Waals surface area contributed by atoms with Gasteiger partial charge in [0.2, 0.25) is 15.9 Å². The number of nitrogens with one attached hydrogen (secondary N) is 1. The number of halogens is 3. The lowest BCUT2D eigenvalue weighted by atomic mass is 10.0. The number of carbonyl (C=O) groups excluding carboxylic acids is 1. The fourth-order valence-electron chi connectivity index (χ4n) is 2.37. The Morgan fingerprint density at radius 3 is 2.11 bits per heavy atom. The van der Waals surface area contributed by atoms with Crippen LogP contribution in [0, 0.1) is 0 Å². The number of sulfonamides is 1. The molecular weight excluding hydrogens is 431 g/mol. The zero-order valence-electron chi connectivity index (χ0n) is 15.0. The zero-order chi connectivity index (χ0) is 20.4. The second-order valence-corrected chi connectivity index (χ2v) is 9.44. The number of benzene rings is 2. The van der Waals surface area contributed by atoms with E-state index >= 15 is 0 Å². The van der Waals surface area contributed by atoms with Crippen LogP contribution in [-0.4, -0.2) is 27.1 Å². The highest BCUT2D eigenvalue weighted by Crippen LogP contribution is 2.35. The highest BCUT2D eigenvalue weighted by atomic mass is 35.5. The summed E-state index contributed by atoms with van der Waals surface area (Å²) < 4.78 is 25.3. The van der Waals surface area contributed by atoms with Crippen LogP contribution in [0.5, 0.6) is 0 Å². The first kappa shape index (κ1) is 21.8. The summed E-state index contributed by atoms with van der Waals surface area (Å²) in [4.78, 5) is 12.4. The predicted molar refractivity (Wildman–Crippen MR) is 113 cm³/mol. The number of anilines is 2. The molecule has 0 fully saturated rings. The maximum absolute atomic E-state index is 12.4. The molecule has 1 amide bonds. The van der Waals surface area contributed by atoms with Gasteiger partial charge < -0.3 is 5.32 Å². The number of rotatable bonds is 6. The molecule has 0 saturated carbocycles. The largest absolute Gasteiger partial charge is 0.325 e. The highest BCUT2D eigenvalue weighted by Gasteiger charge is 2.24. The molecule has 0 radical (unpaired) electrons. The van der Waals surface area contributed by atoms with E-state index in [0.29, 0.717) is 11.6 Å². The van der Waals surface area contributed by atoms with Gasteiger partial charge in [-0.2, -0.15) is 0 Å². The molecule has 2 rings (SSSR count). The average molecular weight is 450 g/mol. The van der Waals surface area contributed by atoms with Crippen molar-refractivity contribution in [3.05, 3.63) is 57.0 Å². The average Bonchev–Trinajstić information content (AvgIpc) is 2.56. The van der Waals surface area contributed by atoms with Crippen LogP contribution >= 0.6 is 34.8 Å². The van der Waals surface area contributed by atoms with E-state index in [1.54, 1.807) is 12.1 Å². The van der Waals surface area contributed by atoms with Crippen LogP contribution in [0.15, 0.2) is 36.4 Å². The molecule has 0 aromatic heterocycles. The quantitative estimate of drug-likeness (QED) is 0.618. The number of amides is 1. The minimum absolute atomic E-state index is 0.0731. The summed E-state index contributed by atoms with van der Waals surface area (Å²) in [5, 5.41) is 3.07. The van der Waals surface area contributed by atoms with E-state index in [1.807, 2.05) is 12.1 Å². The van der Waals surface area contributed by atoms with E-state index < -0.39 is 22.5 Å². The Bertz CT molecular complexity index is 945. The van der Waals surface area contributed by atoms with Gasteiger partial charge in [0, 0.05) is 5.69 Å². The summed E-state index contributed by atoms with van der Waals surface area (Å²) in [7, 11) is -3.79. The van der Waals surface area contributed by atoms with Crippen LogP contribution in [0.25, 0.3) is 0 Å². The van der Waals surface area contributed by atoms with Crippen LogP contribution in [-0.2, 0) is 14.8 Å². The number of hydrogen-bond donors (Lipinski definition) is 1. The molecule has 0 aliphatic carbocycles. The lowest BCUT2D eigenvalue weighted by Gasteiger charge is -2.23. The maximum Gasteiger partial charge on any atom is 0.245 e. The third kappa shape index (κ3) is 5.75. The molecule has 0 aliphatic heterocycles. The molecule has 0 heterocycles. The Morgan fingerprint density at radius 2 is 1.59 bits per heavy atom. The van der Waals surface area contributed by atoms with Crippen molar-refractivity contribution in [1.82, 2.24) is 0 Å². The van der Waals surface area contributed by atoms with Crippen LogP contribution in [0.4, 0.5) is 11.4 Å². The molecule has 27 heavy (non-hydrogen) atoms. The fourth-order valence-corrected chi connectivity index (χ4v) is 3.92. The van der Waals surface area contributed by atoms with Crippen molar-refractivity contribution in [2.24, 2.45) is 0 Å². The Labute approximate surface area is 174 Å². The second kappa shape index (κ2) is 8.69. The van der Waals surface area contributed by atoms with Gasteiger partial charge in [-0.05, 0) is 35.7 Å². The van der Waals surface area contributed by atoms with Gasteiger partial charge in [0.25, 0.3) is 0 Å². The standard InChI is InChI=1S/C18H19Cl3N2O3S/c1-11(2)12-4-6-13(7-5-12)22-18(24)10-23(27(3,25)26)17-9-15(20)14(19)8-16(17)21/h4-9,11H,10H2,1-3H3,(H,22,24). The second-order valence-electron chi connectivity index (χ2n) is 6.31. The van der Waals surface area contributed by atoms with Crippen molar-refractivity contribution in [3.63, 3.8) is 0 Å². The number of hydrogen-bond acceptors (Lipinski definition) is 3. The van der Waals surface area contributed by atoms with Gasteiger partial charge >= 0.3 is 0 Å². The lowest BCUT2D eigenvalue weighted by Crippen LogP contribution is -2.37. The lowest BCUT2D eigenvalue weighted by molar-refractivity contribution is -0.114. The topological polar surface area (TPSA) is 66.5 Å². The number of nitrogens with zero attached hydrogens (tertiary/aromatic N) is 1. The Balaban J connectivity index is 2.24. The molecule has 0 atom stereocenters. The molecule has 1 N–H and O–H groups in total. The molecular formula is C18H19Cl3N2O3S. The predicted octanol–water partition coefficient (Wildman–Crippen LogP) is 5.17. The first-order valence-corrected chi connectivity index (χ1v) is 11.0. The first-order valence-electron chi connectivity index (χ1n) is 8.01. The van der Waals surface area contributed by atoms with Gasteiger partial charge in [-0.3, -0.25) is 9.10 Å². The molecule has 0 bridgehead atoms. The number of carbonyl (C=O) groups is 1. The molecule has 0 spiro atoms. The first-order chi connectivity index (χ1) is 12.5. The minimum atomic E-state index is -3.79. The Kier molecular flexibility index (Phi) is 7.03. The Hall–Kier alpha value is -1.47. The summed E-state index contributed by atoms with van der Waals surface area (Å²) in [6.45, 7) is 3.68. The molecule has 2 aromatic carbocycles. The summed E-state index contributed by atoms with van der Waals surface area (Å²) in [5.74, 6) is -0.146. The van der Waals surface area contributed by atoms with Gasteiger partial charge in [-0.1, -0.05) is 60.8 Å². The van der Waals surface area contributed by atoms with E-state index in [1.165, 1.54) is 12.1 Å². The fraction of sp³-hybridized carbons (Fsp3) is 0.278. The normalized spacial score (nSPS) is 11.5. The van der Waals surface area contributed by atoms with Gasteiger partial charge in [0.05, 0.1) is 27.0 Å². The molecule has 146 valence electrons. The molecule has 0 unspecified atom stereocenters. The van der Waals surface area contributed by atoms with Crippen LogP contribution in [0.2, 0.25) is 15.1 Å². The van der Waals surface area contributed by atoms with Crippen molar-refractivity contribution >= 4 is 62.1 Å².